The summed E-state index contributed by atoms with van der Waals surface area (Å²) < 4.78 is 27.1. The van der Waals surface area contributed by atoms with Crippen LogP contribution in [-0.4, -0.2) is 32.4 Å². The molecule has 4 heterocycles. The molecule has 0 saturated carbocycles. The highest BCUT2D eigenvalue weighted by atomic mass is 32.1. The molecule has 0 unspecified atom stereocenters. The van der Waals surface area contributed by atoms with E-state index in [9.17, 15) is 8.78 Å². The fraction of sp³-hybridized carbons (Fsp3) is 0.400. The average Bonchev–Trinajstić information content (AvgIpc) is 3.25. The number of rotatable bonds is 3. The molecule has 1 aliphatic rings. The Labute approximate surface area is 135 Å². The lowest BCUT2D eigenvalue weighted by Gasteiger charge is -2.22. The minimum atomic E-state index is -2.69. The summed E-state index contributed by atoms with van der Waals surface area (Å²) in [7, 11) is 0. The monoisotopic (exact) mass is 335 g/mol. The summed E-state index contributed by atoms with van der Waals surface area (Å²) >= 11 is 1.69. The summed E-state index contributed by atoms with van der Waals surface area (Å²) in [6.45, 7) is 2.97. The first-order valence-corrected chi connectivity index (χ1v) is 8.37. The van der Waals surface area contributed by atoms with Gasteiger partial charge in [0.05, 0.1) is 0 Å². The number of anilines is 1. The first-order valence-electron chi connectivity index (χ1n) is 7.42. The quantitative estimate of drug-likeness (QED) is 0.735. The number of halogens is 2. The van der Waals surface area contributed by atoms with Gasteiger partial charge >= 0.3 is 0 Å². The van der Waals surface area contributed by atoms with Crippen molar-refractivity contribution in [2.24, 2.45) is 0 Å². The zero-order chi connectivity index (χ0) is 16.0. The Kier molecular flexibility index (Phi) is 3.48. The van der Waals surface area contributed by atoms with E-state index in [4.69, 9.17) is 0 Å². The van der Waals surface area contributed by atoms with Crippen molar-refractivity contribution in [1.29, 1.82) is 0 Å². The summed E-state index contributed by atoms with van der Waals surface area (Å²) in [4.78, 5) is 2.16. The maximum absolute atomic E-state index is 13.0. The second-order valence-corrected chi connectivity index (χ2v) is 6.59. The molecule has 8 heteroatoms. The lowest BCUT2D eigenvalue weighted by atomic mass is 10.00. The van der Waals surface area contributed by atoms with E-state index in [0.717, 1.165) is 17.5 Å². The Hall–Kier alpha value is -2.09. The van der Waals surface area contributed by atoms with E-state index in [-0.39, 0.29) is 0 Å². The van der Waals surface area contributed by atoms with Crippen LogP contribution in [0.5, 0.6) is 0 Å². The van der Waals surface area contributed by atoms with Gasteiger partial charge in [0.2, 0.25) is 5.82 Å². The van der Waals surface area contributed by atoms with Crippen molar-refractivity contribution in [3.8, 4) is 0 Å². The van der Waals surface area contributed by atoms with Gasteiger partial charge in [0.1, 0.15) is 5.82 Å². The minimum Gasteiger partial charge on any atom is -0.352 e. The Bertz CT molecular complexity index is 817. The van der Waals surface area contributed by atoms with Crippen LogP contribution < -0.4 is 4.90 Å². The molecule has 0 amide bonds. The van der Waals surface area contributed by atoms with Crippen LogP contribution in [0.2, 0.25) is 0 Å². The van der Waals surface area contributed by atoms with Crippen LogP contribution in [0.3, 0.4) is 0 Å². The third-order valence-electron chi connectivity index (χ3n) is 4.35. The highest BCUT2D eigenvalue weighted by Crippen LogP contribution is 2.35. The van der Waals surface area contributed by atoms with Crippen LogP contribution in [0, 0.1) is 0 Å². The van der Waals surface area contributed by atoms with E-state index in [0.29, 0.717) is 23.4 Å². The van der Waals surface area contributed by atoms with E-state index in [1.54, 1.807) is 17.4 Å². The molecule has 5 nitrogen and oxygen atoms in total. The highest BCUT2D eigenvalue weighted by Gasteiger charge is 2.31. The molecular formula is C15H15F2N5S. The highest BCUT2D eigenvalue weighted by molar-refractivity contribution is 7.08. The van der Waals surface area contributed by atoms with Crippen molar-refractivity contribution in [3.05, 3.63) is 40.3 Å². The molecule has 1 fully saturated rings. The van der Waals surface area contributed by atoms with Gasteiger partial charge in [-0.15, -0.1) is 15.3 Å². The van der Waals surface area contributed by atoms with Crippen molar-refractivity contribution in [2.75, 3.05) is 11.4 Å². The number of aromatic nitrogens is 4. The number of fused-ring (bicyclic) bond motifs is 1. The summed E-state index contributed by atoms with van der Waals surface area (Å²) in [5.74, 6) is 0.719. The van der Waals surface area contributed by atoms with Crippen molar-refractivity contribution in [3.63, 3.8) is 0 Å². The van der Waals surface area contributed by atoms with Gasteiger partial charge < -0.3 is 4.90 Å². The number of nitrogens with zero attached hydrogens (tertiary/aromatic N) is 5. The van der Waals surface area contributed by atoms with E-state index >= 15 is 0 Å². The van der Waals surface area contributed by atoms with Crippen LogP contribution in [0.25, 0.3) is 5.65 Å². The number of alkyl halides is 2. The first-order chi connectivity index (χ1) is 11.1. The van der Waals surface area contributed by atoms with Gasteiger partial charge in [-0.3, -0.25) is 0 Å². The normalized spacial score (nSPS) is 21.7. The fourth-order valence-electron chi connectivity index (χ4n) is 3.18. The summed E-state index contributed by atoms with van der Waals surface area (Å²) in [5.41, 5.74) is 1.67. The molecule has 0 radical (unpaired) electrons. The minimum absolute atomic E-state index is 0.302. The number of hydrogen-bond acceptors (Lipinski definition) is 5. The summed E-state index contributed by atoms with van der Waals surface area (Å²) in [5, 5.41) is 15.9. The topological polar surface area (TPSA) is 46.3 Å². The maximum atomic E-state index is 13.0. The molecule has 0 spiro atoms. The molecule has 0 N–H and O–H groups in total. The lowest BCUT2D eigenvalue weighted by Crippen LogP contribution is -2.28. The van der Waals surface area contributed by atoms with Gasteiger partial charge in [-0.05, 0) is 47.9 Å². The van der Waals surface area contributed by atoms with Crippen molar-refractivity contribution in [2.45, 2.75) is 31.7 Å². The molecule has 23 heavy (non-hydrogen) atoms. The molecule has 1 aliphatic heterocycles. The molecule has 3 aromatic rings. The molecular weight excluding hydrogens is 320 g/mol. The van der Waals surface area contributed by atoms with Gasteiger partial charge in [0, 0.05) is 18.5 Å². The Morgan fingerprint density at radius 3 is 2.87 bits per heavy atom. The predicted octanol–water partition coefficient (Wildman–Crippen LogP) is 3.51. The third kappa shape index (κ3) is 2.46. The fourth-order valence-corrected chi connectivity index (χ4v) is 3.93. The van der Waals surface area contributed by atoms with E-state index < -0.39 is 12.2 Å². The SMILES string of the molecule is C[C@H]1C[C@@H](c2ccsc2)CN1c1ccc2nnc(C(F)F)n2n1. The van der Waals surface area contributed by atoms with Crippen molar-refractivity contribution in [1.82, 2.24) is 19.8 Å². The second-order valence-electron chi connectivity index (χ2n) is 5.81. The molecule has 3 aromatic heterocycles. The molecule has 0 aliphatic carbocycles. The van der Waals surface area contributed by atoms with Crippen LogP contribution in [0.15, 0.2) is 29.0 Å². The van der Waals surface area contributed by atoms with Gasteiger partial charge in [0.15, 0.2) is 5.65 Å². The summed E-state index contributed by atoms with van der Waals surface area (Å²) in [6, 6.07) is 5.96. The van der Waals surface area contributed by atoms with Crippen LogP contribution in [-0.2, 0) is 0 Å². The smallest absolute Gasteiger partial charge is 0.299 e. The first kappa shape index (κ1) is 14.5. The van der Waals surface area contributed by atoms with E-state index in [1.165, 1.54) is 5.56 Å². The van der Waals surface area contributed by atoms with E-state index in [1.807, 2.05) is 6.07 Å². The Balaban J connectivity index is 1.67. The van der Waals surface area contributed by atoms with E-state index in [2.05, 4.69) is 43.9 Å². The number of hydrogen-bond donors (Lipinski definition) is 0. The molecule has 120 valence electrons. The molecule has 1 saturated heterocycles. The van der Waals surface area contributed by atoms with Crippen LogP contribution in [0.1, 0.15) is 37.1 Å². The zero-order valence-electron chi connectivity index (χ0n) is 12.4. The summed E-state index contributed by atoms with van der Waals surface area (Å²) in [6.07, 6.45) is -1.66. The molecule has 0 bridgehead atoms. The standard InChI is InChI=1S/C15H15F2N5S/c1-9-6-11(10-4-5-23-8-10)7-21(9)13-3-2-12-18-19-15(14(16)17)22(12)20-13/h2-5,8-9,11,14H,6-7H2,1H3/t9-,11+/m0/s1. The Morgan fingerprint density at radius 1 is 1.26 bits per heavy atom. The Morgan fingerprint density at radius 2 is 2.13 bits per heavy atom. The van der Waals surface area contributed by atoms with Crippen LogP contribution >= 0.6 is 11.3 Å². The third-order valence-corrected chi connectivity index (χ3v) is 5.05. The zero-order valence-corrected chi connectivity index (χ0v) is 13.2. The molecule has 4 rings (SSSR count). The average molecular weight is 335 g/mol. The lowest BCUT2D eigenvalue weighted by molar-refractivity contribution is 0.137. The van der Waals surface area contributed by atoms with Gasteiger partial charge in [-0.1, -0.05) is 0 Å². The second kappa shape index (κ2) is 5.52. The van der Waals surface area contributed by atoms with Gasteiger partial charge in [-0.25, -0.2) is 8.78 Å². The largest absolute Gasteiger partial charge is 0.352 e. The van der Waals surface area contributed by atoms with Crippen LogP contribution in [0.4, 0.5) is 14.6 Å². The maximum Gasteiger partial charge on any atom is 0.299 e. The molecule has 0 aromatic carbocycles. The van der Waals surface area contributed by atoms with Crippen molar-refractivity contribution >= 4 is 22.8 Å². The molecule has 2 atom stereocenters. The predicted molar refractivity (Wildman–Crippen MR) is 84.2 cm³/mol. The van der Waals surface area contributed by atoms with Gasteiger partial charge in [-0.2, -0.15) is 15.9 Å². The van der Waals surface area contributed by atoms with Crippen molar-refractivity contribution < 1.29 is 8.78 Å². The van der Waals surface area contributed by atoms with Gasteiger partial charge in [0.25, 0.3) is 6.43 Å². The number of thiophene rings is 1.